The normalized spacial score (nSPS) is 24.4. The van der Waals surface area contributed by atoms with Crippen LogP contribution >= 0.6 is 0 Å². The van der Waals surface area contributed by atoms with Crippen molar-refractivity contribution in [2.75, 3.05) is 59.0 Å². The van der Waals surface area contributed by atoms with E-state index in [2.05, 4.69) is 11.1 Å². The summed E-state index contributed by atoms with van der Waals surface area (Å²) >= 11 is 0. The highest BCUT2D eigenvalue weighted by molar-refractivity contribution is 7.86. The second-order valence-corrected chi connectivity index (χ2v) is 11.7. The van der Waals surface area contributed by atoms with E-state index < -0.39 is 34.4 Å². The summed E-state index contributed by atoms with van der Waals surface area (Å²) < 4.78 is 34.5. The van der Waals surface area contributed by atoms with E-state index in [1.807, 2.05) is 18.3 Å². The van der Waals surface area contributed by atoms with E-state index in [0.29, 0.717) is 44.7 Å². The number of benzene rings is 1. The van der Waals surface area contributed by atoms with Gasteiger partial charge in [0.1, 0.15) is 0 Å². The van der Waals surface area contributed by atoms with Gasteiger partial charge in [-0.25, -0.2) is 4.79 Å². The number of primary amides is 1. The van der Waals surface area contributed by atoms with Gasteiger partial charge in [-0.1, -0.05) is 0 Å². The van der Waals surface area contributed by atoms with Gasteiger partial charge in [-0.3, -0.25) is 4.79 Å². The van der Waals surface area contributed by atoms with Crippen LogP contribution in [0.25, 0.3) is 10.9 Å². The third kappa shape index (κ3) is 4.61. The summed E-state index contributed by atoms with van der Waals surface area (Å²) in [5.41, 5.74) is 5.43. The molecule has 0 spiro atoms. The number of aromatic nitrogens is 1. The Hall–Kier alpha value is -3.22. The van der Waals surface area contributed by atoms with Crippen LogP contribution < -0.4 is 5.73 Å². The van der Waals surface area contributed by atoms with Crippen LogP contribution in [0.1, 0.15) is 29.9 Å². The molecule has 5 rings (SSSR count). The van der Waals surface area contributed by atoms with Crippen LogP contribution in [0.15, 0.2) is 24.4 Å². The van der Waals surface area contributed by atoms with E-state index in [0.717, 1.165) is 20.8 Å². The molecule has 3 saturated heterocycles. The van der Waals surface area contributed by atoms with Crippen molar-refractivity contribution in [1.29, 1.82) is 5.26 Å². The van der Waals surface area contributed by atoms with Crippen molar-refractivity contribution in [3.8, 4) is 6.07 Å². The Morgan fingerprint density at radius 1 is 1.11 bits per heavy atom. The number of piperidine rings is 1. The second-order valence-electron chi connectivity index (χ2n) is 9.85. The zero-order chi connectivity index (χ0) is 27.1. The lowest BCUT2D eigenvalue weighted by Gasteiger charge is -2.47. The lowest BCUT2D eigenvalue weighted by atomic mass is 9.90. The summed E-state index contributed by atoms with van der Waals surface area (Å²) in [6.45, 7) is 1.06. The number of carbonyl (C=O) groups is 2. The predicted octanol–water partition coefficient (Wildman–Crippen LogP) is -0.293. The first-order chi connectivity index (χ1) is 18.1. The summed E-state index contributed by atoms with van der Waals surface area (Å²) in [6.07, 6.45) is 2.94. The number of aromatic amines is 1. The summed E-state index contributed by atoms with van der Waals surface area (Å²) in [7, 11) is -4.26. The number of nitrogens with two attached hydrogens (primary N) is 1. The number of H-pyrrole nitrogens is 1. The fourth-order valence-electron chi connectivity index (χ4n) is 5.53. The standard InChI is InChI=1S/C24H31N7O6S/c25-14-17-1-2-21-19(13-17)20(15-27-21)18-3-5-30(6-4-18)38(35,36)31-8-7-29(16-24(31,34)22(26)32)23(33)28-9-11-37-12-10-28/h1-2,13,15,18,27,34H,3-12,16H2,(H2,26,32)/t24-/m1/s1. The molecule has 38 heavy (non-hydrogen) atoms. The maximum atomic E-state index is 13.6. The van der Waals surface area contributed by atoms with Crippen molar-refractivity contribution in [2.24, 2.45) is 5.73 Å². The van der Waals surface area contributed by atoms with E-state index in [1.165, 1.54) is 9.21 Å². The highest BCUT2D eigenvalue weighted by Crippen LogP contribution is 2.36. The van der Waals surface area contributed by atoms with Crippen LogP contribution in [0.5, 0.6) is 0 Å². The topological polar surface area (TPSA) is 176 Å². The number of nitrogens with zero attached hydrogens (tertiary/aromatic N) is 5. The zero-order valence-electron chi connectivity index (χ0n) is 20.9. The van der Waals surface area contributed by atoms with Crippen molar-refractivity contribution < 1.29 is 27.9 Å². The number of hydrogen-bond donors (Lipinski definition) is 3. The molecule has 4 N–H and O–H groups in total. The first kappa shape index (κ1) is 26.4. The monoisotopic (exact) mass is 545 g/mol. The number of amides is 3. The summed E-state index contributed by atoms with van der Waals surface area (Å²) in [6, 6.07) is 7.17. The molecule has 1 atom stereocenters. The van der Waals surface area contributed by atoms with Crippen LogP contribution in [0.4, 0.5) is 4.79 Å². The molecule has 3 aliphatic rings. The summed E-state index contributed by atoms with van der Waals surface area (Å²) in [5, 5.41) is 21.4. The Balaban J connectivity index is 1.30. The van der Waals surface area contributed by atoms with Gasteiger partial charge in [-0.15, -0.1) is 4.31 Å². The fourth-order valence-corrected chi connectivity index (χ4v) is 7.32. The van der Waals surface area contributed by atoms with Gasteiger partial charge in [0.2, 0.25) is 5.72 Å². The molecule has 3 aliphatic heterocycles. The largest absolute Gasteiger partial charge is 0.378 e. The molecule has 0 radical (unpaired) electrons. The SMILES string of the molecule is N#Cc1ccc2[nH]cc(C3CCN(S(=O)(=O)N4CCN(C(=O)N5CCOCC5)C[C@@]4(O)C(N)=O)CC3)c2c1. The van der Waals surface area contributed by atoms with Gasteiger partial charge < -0.3 is 30.4 Å². The number of aliphatic hydroxyl groups is 1. The van der Waals surface area contributed by atoms with Gasteiger partial charge in [0.05, 0.1) is 31.4 Å². The molecule has 13 nitrogen and oxygen atoms in total. The molecule has 0 saturated carbocycles. The molecule has 0 unspecified atom stereocenters. The molecule has 1 aromatic carbocycles. The van der Waals surface area contributed by atoms with Crippen molar-refractivity contribution in [3.05, 3.63) is 35.5 Å². The molecule has 3 fully saturated rings. The molecular formula is C24H31N7O6S. The van der Waals surface area contributed by atoms with Gasteiger partial charge in [-0.05, 0) is 42.5 Å². The average Bonchev–Trinajstić information content (AvgIpc) is 3.36. The Morgan fingerprint density at radius 2 is 1.82 bits per heavy atom. The van der Waals surface area contributed by atoms with Crippen LogP contribution in [0, 0.1) is 11.3 Å². The van der Waals surface area contributed by atoms with E-state index in [4.69, 9.17) is 10.5 Å². The molecule has 4 heterocycles. The number of morpholine rings is 1. The number of rotatable bonds is 4. The average molecular weight is 546 g/mol. The molecule has 204 valence electrons. The minimum atomic E-state index is -4.26. The van der Waals surface area contributed by atoms with Crippen LogP contribution in [-0.2, 0) is 19.7 Å². The van der Waals surface area contributed by atoms with E-state index in [9.17, 15) is 28.4 Å². The Kier molecular flexibility index (Phi) is 7.05. The van der Waals surface area contributed by atoms with Crippen LogP contribution in [-0.4, -0.2) is 114 Å². The van der Waals surface area contributed by atoms with Gasteiger partial charge in [0, 0.05) is 56.4 Å². The van der Waals surface area contributed by atoms with Crippen molar-refractivity contribution >= 4 is 33.1 Å². The van der Waals surface area contributed by atoms with Gasteiger partial charge in [-0.2, -0.15) is 18.0 Å². The van der Waals surface area contributed by atoms with Crippen molar-refractivity contribution in [3.63, 3.8) is 0 Å². The van der Waals surface area contributed by atoms with E-state index in [-0.39, 0.29) is 32.1 Å². The number of nitriles is 1. The Bertz CT molecular complexity index is 1370. The number of fused-ring (bicyclic) bond motifs is 1. The first-order valence-corrected chi connectivity index (χ1v) is 14.0. The lowest BCUT2D eigenvalue weighted by Crippen LogP contribution is -2.72. The molecule has 0 bridgehead atoms. The number of urea groups is 1. The first-order valence-electron chi connectivity index (χ1n) is 12.6. The number of piperazine rings is 1. The second kappa shape index (κ2) is 10.2. The third-order valence-electron chi connectivity index (χ3n) is 7.69. The maximum Gasteiger partial charge on any atom is 0.320 e. The highest BCUT2D eigenvalue weighted by Gasteiger charge is 2.54. The minimum Gasteiger partial charge on any atom is -0.378 e. The van der Waals surface area contributed by atoms with Crippen molar-refractivity contribution in [2.45, 2.75) is 24.5 Å². The van der Waals surface area contributed by atoms with Gasteiger partial charge >= 0.3 is 6.03 Å². The summed E-state index contributed by atoms with van der Waals surface area (Å²) in [4.78, 5) is 31.4. The smallest absolute Gasteiger partial charge is 0.320 e. The van der Waals surface area contributed by atoms with E-state index >= 15 is 0 Å². The number of hydrogen-bond acceptors (Lipinski definition) is 7. The summed E-state index contributed by atoms with van der Waals surface area (Å²) in [5.74, 6) is -1.16. The van der Waals surface area contributed by atoms with Crippen LogP contribution in [0.3, 0.4) is 0 Å². The number of carbonyl (C=O) groups excluding carboxylic acids is 2. The zero-order valence-corrected chi connectivity index (χ0v) is 21.7. The Morgan fingerprint density at radius 3 is 2.47 bits per heavy atom. The lowest BCUT2D eigenvalue weighted by molar-refractivity contribution is -0.158. The highest BCUT2D eigenvalue weighted by atomic mass is 32.2. The predicted molar refractivity (Wildman–Crippen MR) is 136 cm³/mol. The quantitative estimate of drug-likeness (QED) is 0.473. The number of ether oxygens (including phenoxy) is 1. The van der Waals surface area contributed by atoms with Gasteiger partial charge in [0.15, 0.2) is 0 Å². The molecule has 1 aromatic heterocycles. The van der Waals surface area contributed by atoms with Crippen LogP contribution in [0.2, 0.25) is 0 Å². The maximum absolute atomic E-state index is 13.6. The molecule has 2 aromatic rings. The number of β-amino-alcohol motifs (C(OH)–C–C–N with tert-alkyl or cyclic N) is 1. The fraction of sp³-hybridized carbons (Fsp3) is 0.542. The minimum absolute atomic E-state index is 0.0119. The van der Waals surface area contributed by atoms with E-state index in [1.54, 1.807) is 11.0 Å². The molecule has 3 amide bonds. The van der Waals surface area contributed by atoms with Crippen molar-refractivity contribution in [1.82, 2.24) is 23.4 Å². The molecule has 0 aliphatic carbocycles. The molecule has 14 heteroatoms. The van der Waals surface area contributed by atoms with Gasteiger partial charge in [0.25, 0.3) is 16.1 Å². The third-order valence-corrected chi connectivity index (χ3v) is 9.74. The molecular weight excluding hydrogens is 514 g/mol. The Labute approximate surface area is 220 Å². The number of nitrogens with one attached hydrogen (secondary N) is 1.